The maximum Gasteiger partial charge on any atom is 0.216 e. The van der Waals surface area contributed by atoms with Crippen molar-refractivity contribution in [2.24, 2.45) is 10.7 Å². The maximum atomic E-state index is 9.78. The number of amidine groups is 1. The first-order valence-corrected chi connectivity index (χ1v) is 5.34. The summed E-state index contributed by atoms with van der Waals surface area (Å²) >= 11 is 0. The SMILES string of the molecule is CN=C(N)c1ncn([C@@H]2O[C@H](CO)[C@@H](O)[C@H]2O)n1. The number of aromatic nitrogens is 3. The lowest BCUT2D eigenvalue weighted by Gasteiger charge is -2.13. The lowest BCUT2D eigenvalue weighted by atomic mass is 10.1. The molecule has 1 aliphatic rings. The number of rotatable bonds is 3. The Bertz CT molecular complexity index is 448. The number of aliphatic hydroxyl groups excluding tert-OH is 3. The summed E-state index contributed by atoms with van der Waals surface area (Å²) in [6, 6.07) is 0. The van der Waals surface area contributed by atoms with Gasteiger partial charge in [-0.15, -0.1) is 5.10 Å². The van der Waals surface area contributed by atoms with Gasteiger partial charge in [0.15, 0.2) is 12.1 Å². The Morgan fingerprint density at radius 2 is 2.28 bits per heavy atom. The van der Waals surface area contributed by atoms with Crippen molar-refractivity contribution in [2.45, 2.75) is 24.5 Å². The number of nitrogens with two attached hydrogens (primary N) is 1. The van der Waals surface area contributed by atoms with Crippen molar-refractivity contribution >= 4 is 5.84 Å². The molecule has 2 rings (SSSR count). The number of hydrogen-bond donors (Lipinski definition) is 4. The molecular formula is C9H15N5O4. The minimum Gasteiger partial charge on any atom is -0.394 e. The van der Waals surface area contributed by atoms with Crippen molar-refractivity contribution in [2.75, 3.05) is 13.7 Å². The molecule has 0 aliphatic carbocycles. The predicted octanol–water partition coefficient (Wildman–Crippen LogP) is -2.78. The highest BCUT2D eigenvalue weighted by Crippen LogP contribution is 2.28. The molecule has 1 aliphatic heterocycles. The number of nitrogens with zero attached hydrogens (tertiary/aromatic N) is 4. The van der Waals surface area contributed by atoms with Gasteiger partial charge in [-0.05, 0) is 0 Å². The molecule has 1 saturated heterocycles. The van der Waals surface area contributed by atoms with E-state index in [9.17, 15) is 10.2 Å². The largest absolute Gasteiger partial charge is 0.394 e. The Balaban J connectivity index is 2.20. The summed E-state index contributed by atoms with van der Waals surface area (Å²) in [5.41, 5.74) is 5.54. The Morgan fingerprint density at radius 3 is 2.83 bits per heavy atom. The van der Waals surface area contributed by atoms with Gasteiger partial charge in [0.2, 0.25) is 5.82 Å². The third-order valence-corrected chi connectivity index (χ3v) is 2.76. The molecule has 4 atom stereocenters. The molecule has 1 aromatic rings. The van der Waals surface area contributed by atoms with E-state index >= 15 is 0 Å². The van der Waals surface area contributed by atoms with Crippen molar-refractivity contribution in [1.82, 2.24) is 14.8 Å². The van der Waals surface area contributed by atoms with Crippen molar-refractivity contribution in [3.05, 3.63) is 12.2 Å². The van der Waals surface area contributed by atoms with Crippen molar-refractivity contribution in [3.63, 3.8) is 0 Å². The first kappa shape index (κ1) is 12.9. The zero-order valence-electron chi connectivity index (χ0n) is 9.71. The van der Waals surface area contributed by atoms with Crippen molar-refractivity contribution in [3.8, 4) is 0 Å². The molecule has 9 heteroatoms. The first-order valence-electron chi connectivity index (χ1n) is 5.34. The molecule has 0 aromatic carbocycles. The van der Waals surface area contributed by atoms with Gasteiger partial charge in [-0.1, -0.05) is 0 Å². The summed E-state index contributed by atoms with van der Waals surface area (Å²) in [5.74, 6) is 0.357. The molecular weight excluding hydrogens is 242 g/mol. The van der Waals surface area contributed by atoms with Gasteiger partial charge >= 0.3 is 0 Å². The molecule has 1 aromatic heterocycles. The van der Waals surface area contributed by atoms with Crippen LogP contribution in [0.1, 0.15) is 12.1 Å². The van der Waals surface area contributed by atoms with Crippen LogP contribution in [0, 0.1) is 0 Å². The molecule has 100 valence electrons. The molecule has 5 N–H and O–H groups in total. The van der Waals surface area contributed by atoms with Gasteiger partial charge in [-0.25, -0.2) is 9.67 Å². The zero-order valence-corrected chi connectivity index (χ0v) is 9.71. The van der Waals surface area contributed by atoms with E-state index in [1.165, 1.54) is 18.1 Å². The summed E-state index contributed by atoms with van der Waals surface area (Å²) < 4.78 is 6.51. The van der Waals surface area contributed by atoms with Gasteiger partial charge in [0.1, 0.15) is 24.6 Å². The highest BCUT2D eigenvalue weighted by Gasteiger charge is 2.43. The van der Waals surface area contributed by atoms with Crippen LogP contribution in [0.5, 0.6) is 0 Å². The molecule has 0 amide bonds. The van der Waals surface area contributed by atoms with E-state index in [1.54, 1.807) is 0 Å². The van der Waals surface area contributed by atoms with E-state index in [-0.39, 0.29) is 11.7 Å². The average molecular weight is 257 g/mol. The fourth-order valence-corrected chi connectivity index (χ4v) is 1.71. The lowest BCUT2D eigenvalue weighted by molar-refractivity contribution is -0.0588. The second-order valence-electron chi connectivity index (χ2n) is 3.89. The summed E-state index contributed by atoms with van der Waals surface area (Å²) in [5, 5.41) is 32.3. The van der Waals surface area contributed by atoms with Crippen LogP contribution in [0.2, 0.25) is 0 Å². The van der Waals surface area contributed by atoms with Crippen LogP contribution in [0.4, 0.5) is 0 Å². The number of hydrogen-bond acceptors (Lipinski definition) is 7. The smallest absolute Gasteiger partial charge is 0.216 e. The van der Waals surface area contributed by atoms with E-state index < -0.39 is 31.1 Å². The third-order valence-electron chi connectivity index (χ3n) is 2.76. The summed E-state index contributed by atoms with van der Waals surface area (Å²) in [7, 11) is 1.50. The minimum atomic E-state index is -1.20. The second-order valence-corrected chi connectivity index (χ2v) is 3.89. The normalized spacial score (nSPS) is 33.0. The molecule has 0 radical (unpaired) electrons. The molecule has 0 bridgehead atoms. The molecule has 9 nitrogen and oxygen atoms in total. The van der Waals surface area contributed by atoms with E-state index in [0.717, 1.165) is 0 Å². The van der Waals surface area contributed by atoms with Crippen LogP contribution in [-0.2, 0) is 4.74 Å². The van der Waals surface area contributed by atoms with Crippen LogP contribution in [0.3, 0.4) is 0 Å². The molecule has 0 spiro atoms. The Labute approximate surface area is 103 Å². The van der Waals surface area contributed by atoms with Gasteiger partial charge in [-0.2, -0.15) is 0 Å². The van der Waals surface area contributed by atoms with Crippen molar-refractivity contribution < 1.29 is 20.1 Å². The van der Waals surface area contributed by atoms with Crippen LogP contribution >= 0.6 is 0 Å². The summed E-state index contributed by atoms with van der Waals surface area (Å²) in [6.45, 7) is -0.394. The van der Waals surface area contributed by atoms with E-state index in [4.69, 9.17) is 15.6 Å². The number of aliphatic hydroxyl groups is 3. The van der Waals surface area contributed by atoms with E-state index in [0.29, 0.717) is 0 Å². The van der Waals surface area contributed by atoms with Crippen molar-refractivity contribution in [1.29, 1.82) is 0 Å². The second kappa shape index (κ2) is 4.98. The Kier molecular flexibility index (Phi) is 3.57. The zero-order chi connectivity index (χ0) is 13.3. The van der Waals surface area contributed by atoms with Crippen LogP contribution in [0.25, 0.3) is 0 Å². The quantitative estimate of drug-likeness (QED) is 0.339. The van der Waals surface area contributed by atoms with Crippen LogP contribution in [0.15, 0.2) is 11.3 Å². The molecule has 0 unspecified atom stereocenters. The van der Waals surface area contributed by atoms with E-state index in [2.05, 4.69) is 15.1 Å². The van der Waals surface area contributed by atoms with Crippen LogP contribution in [-0.4, -0.2) is 67.9 Å². The lowest BCUT2D eigenvalue weighted by Crippen LogP contribution is -2.33. The summed E-state index contributed by atoms with van der Waals surface area (Å²) in [4.78, 5) is 7.63. The van der Waals surface area contributed by atoms with Crippen LogP contribution < -0.4 is 5.73 Å². The molecule has 0 saturated carbocycles. The standard InChI is InChI=1S/C9H15N5O4/c1-11-7(10)8-12-3-14(13-8)9-6(17)5(16)4(2-15)18-9/h3-6,9,15-17H,2H2,1H3,(H2,10,11)/t4-,5-,6-,9-/m1/s1. The Morgan fingerprint density at radius 1 is 1.56 bits per heavy atom. The Hall–Kier alpha value is -1.55. The monoisotopic (exact) mass is 257 g/mol. The number of ether oxygens (including phenoxy) is 1. The topological polar surface area (TPSA) is 139 Å². The fraction of sp³-hybridized carbons (Fsp3) is 0.667. The molecule has 18 heavy (non-hydrogen) atoms. The molecule has 2 heterocycles. The number of aliphatic imine (C=N–C) groups is 1. The van der Waals surface area contributed by atoms with Gasteiger partial charge in [0.25, 0.3) is 0 Å². The molecule has 1 fully saturated rings. The minimum absolute atomic E-state index is 0.153. The summed E-state index contributed by atoms with van der Waals surface area (Å²) in [6.07, 6.45) is -2.83. The predicted molar refractivity (Wildman–Crippen MR) is 59.7 cm³/mol. The average Bonchev–Trinajstić information content (AvgIpc) is 2.96. The maximum absolute atomic E-state index is 9.78. The highest BCUT2D eigenvalue weighted by atomic mass is 16.6. The van der Waals surface area contributed by atoms with Gasteiger partial charge in [-0.3, -0.25) is 4.99 Å². The third kappa shape index (κ3) is 2.08. The highest BCUT2D eigenvalue weighted by molar-refractivity contribution is 5.93. The van der Waals surface area contributed by atoms with Gasteiger partial charge in [0, 0.05) is 7.05 Å². The van der Waals surface area contributed by atoms with Gasteiger partial charge in [0.05, 0.1) is 6.61 Å². The van der Waals surface area contributed by atoms with Gasteiger partial charge < -0.3 is 25.8 Å². The first-order chi connectivity index (χ1) is 8.58. The fourth-order valence-electron chi connectivity index (χ4n) is 1.71. The van der Waals surface area contributed by atoms with E-state index in [1.807, 2.05) is 0 Å².